The Morgan fingerprint density at radius 3 is 2.38 bits per heavy atom. The zero-order valence-corrected chi connectivity index (χ0v) is 8.42. The summed E-state index contributed by atoms with van der Waals surface area (Å²) in [6, 6.07) is 0. The minimum atomic E-state index is -0.632. The molecule has 3 heteroatoms. The monoisotopic (exact) mass is 184 g/mol. The van der Waals surface area contributed by atoms with Gasteiger partial charge in [-0.2, -0.15) is 0 Å². The first-order valence-corrected chi connectivity index (χ1v) is 4.40. The van der Waals surface area contributed by atoms with Crippen LogP contribution < -0.4 is 0 Å². The third-order valence-electron chi connectivity index (χ3n) is 1.67. The number of carbonyl (C=O) groups excluding carboxylic acids is 2. The smallest absolute Gasteiger partial charge is 0.340 e. The van der Waals surface area contributed by atoms with E-state index in [2.05, 4.69) is 11.3 Å². The quantitative estimate of drug-likeness (QED) is 0.381. The van der Waals surface area contributed by atoms with Gasteiger partial charge in [-0.3, -0.25) is 4.79 Å². The second-order valence-corrected chi connectivity index (χ2v) is 3.18. The minimum absolute atomic E-state index is 0.215. The first kappa shape index (κ1) is 11.9. The highest BCUT2D eigenvalue weighted by Crippen LogP contribution is 2.08. The van der Waals surface area contributed by atoms with E-state index in [0.29, 0.717) is 0 Å². The van der Waals surface area contributed by atoms with Crippen LogP contribution >= 0.6 is 0 Å². The zero-order chi connectivity index (χ0) is 10.4. The zero-order valence-electron chi connectivity index (χ0n) is 8.42. The first-order valence-electron chi connectivity index (χ1n) is 4.40. The van der Waals surface area contributed by atoms with Crippen LogP contribution in [0.4, 0.5) is 0 Å². The Bertz CT molecular complexity index is 218. The van der Waals surface area contributed by atoms with E-state index >= 15 is 0 Å². The topological polar surface area (TPSA) is 43.4 Å². The Balaban J connectivity index is 4.00. The summed E-state index contributed by atoms with van der Waals surface area (Å²) in [6.45, 7) is 8.62. The lowest BCUT2D eigenvalue weighted by atomic mass is 10.1. The van der Waals surface area contributed by atoms with Crippen molar-refractivity contribution in [2.45, 2.75) is 33.6 Å². The maximum Gasteiger partial charge on any atom is 0.340 e. The van der Waals surface area contributed by atoms with E-state index in [4.69, 9.17) is 0 Å². The highest BCUT2D eigenvalue weighted by atomic mass is 16.6. The van der Waals surface area contributed by atoms with Crippen molar-refractivity contribution in [2.75, 3.05) is 0 Å². The molecule has 0 aliphatic carbocycles. The number of ether oxygens (including phenoxy) is 1. The lowest BCUT2D eigenvalue weighted by Gasteiger charge is -2.08. The molecule has 0 amide bonds. The SMILES string of the molecule is C=C(C)C(=O)OC(=O)C(C)CCC. The van der Waals surface area contributed by atoms with Crippen molar-refractivity contribution >= 4 is 11.9 Å². The van der Waals surface area contributed by atoms with Crippen LogP contribution in [-0.4, -0.2) is 11.9 Å². The van der Waals surface area contributed by atoms with Gasteiger partial charge in [0.05, 0.1) is 5.92 Å². The molecule has 0 saturated carbocycles. The Morgan fingerprint density at radius 1 is 1.46 bits per heavy atom. The standard InChI is InChI=1S/C10H16O3/c1-5-6-8(4)10(12)13-9(11)7(2)3/h8H,2,5-6H2,1,3-4H3. The maximum absolute atomic E-state index is 11.2. The van der Waals surface area contributed by atoms with Gasteiger partial charge >= 0.3 is 11.9 Å². The molecule has 0 aromatic rings. The highest BCUT2D eigenvalue weighted by Gasteiger charge is 2.17. The molecule has 3 nitrogen and oxygen atoms in total. The normalized spacial score (nSPS) is 11.9. The van der Waals surface area contributed by atoms with Gasteiger partial charge in [-0.05, 0) is 13.3 Å². The summed E-state index contributed by atoms with van der Waals surface area (Å²) in [6.07, 6.45) is 1.64. The predicted molar refractivity (Wildman–Crippen MR) is 50.0 cm³/mol. The van der Waals surface area contributed by atoms with Gasteiger partial charge in [0.1, 0.15) is 0 Å². The van der Waals surface area contributed by atoms with Crippen molar-refractivity contribution in [3.63, 3.8) is 0 Å². The van der Waals surface area contributed by atoms with E-state index in [1.54, 1.807) is 6.92 Å². The van der Waals surface area contributed by atoms with Crippen molar-refractivity contribution in [1.82, 2.24) is 0 Å². The summed E-state index contributed by atoms with van der Waals surface area (Å²) in [7, 11) is 0. The molecule has 0 bridgehead atoms. The van der Waals surface area contributed by atoms with E-state index in [0.717, 1.165) is 12.8 Å². The van der Waals surface area contributed by atoms with Gasteiger partial charge in [0, 0.05) is 5.57 Å². The van der Waals surface area contributed by atoms with Gasteiger partial charge in [-0.25, -0.2) is 4.79 Å². The molecular formula is C10H16O3. The molecule has 0 aliphatic rings. The molecule has 0 N–H and O–H groups in total. The molecule has 0 aromatic heterocycles. The molecule has 0 aliphatic heterocycles. The van der Waals surface area contributed by atoms with Crippen molar-refractivity contribution in [2.24, 2.45) is 5.92 Å². The largest absolute Gasteiger partial charge is 0.389 e. The van der Waals surface area contributed by atoms with Crippen LogP contribution in [0.1, 0.15) is 33.6 Å². The van der Waals surface area contributed by atoms with Crippen LogP contribution in [0.15, 0.2) is 12.2 Å². The Morgan fingerprint density at radius 2 is 2.00 bits per heavy atom. The Labute approximate surface area is 78.8 Å². The second kappa shape index (κ2) is 5.51. The Kier molecular flexibility index (Phi) is 5.04. The molecule has 0 spiro atoms. The molecule has 1 atom stereocenters. The second-order valence-electron chi connectivity index (χ2n) is 3.18. The molecule has 0 saturated heterocycles. The number of carbonyl (C=O) groups is 2. The molecule has 0 aromatic carbocycles. The van der Waals surface area contributed by atoms with Gasteiger partial charge in [-0.15, -0.1) is 0 Å². The molecule has 13 heavy (non-hydrogen) atoms. The van der Waals surface area contributed by atoms with Crippen LogP contribution in [0.2, 0.25) is 0 Å². The summed E-state index contributed by atoms with van der Waals surface area (Å²) in [5, 5.41) is 0. The molecule has 0 radical (unpaired) electrons. The van der Waals surface area contributed by atoms with E-state index in [1.807, 2.05) is 6.92 Å². The third kappa shape index (κ3) is 4.45. The lowest BCUT2D eigenvalue weighted by molar-refractivity contribution is -0.159. The molecular weight excluding hydrogens is 168 g/mol. The average Bonchev–Trinajstić information content (AvgIpc) is 2.04. The van der Waals surface area contributed by atoms with Crippen LogP contribution in [0.3, 0.4) is 0 Å². The molecule has 1 unspecified atom stereocenters. The van der Waals surface area contributed by atoms with Gasteiger partial charge in [0.2, 0.25) is 0 Å². The molecule has 0 fully saturated rings. The van der Waals surface area contributed by atoms with Crippen molar-refractivity contribution in [3.8, 4) is 0 Å². The fraction of sp³-hybridized carbons (Fsp3) is 0.600. The van der Waals surface area contributed by atoms with Gasteiger partial charge in [-0.1, -0.05) is 26.8 Å². The molecule has 74 valence electrons. The number of rotatable bonds is 4. The summed E-state index contributed by atoms with van der Waals surface area (Å²) in [5.41, 5.74) is 0.247. The third-order valence-corrected chi connectivity index (χ3v) is 1.67. The van der Waals surface area contributed by atoms with E-state index in [-0.39, 0.29) is 11.5 Å². The number of esters is 2. The van der Waals surface area contributed by atoms with Crippen LogP contribution in [-0.2, 0) is 14.3 Å². The summed E-state index contributed by atoms with van der Waals surface area (Å²) < 4.78 is 4.55. The van der Waals surface area contributed by atoms with Crippen LogP contribution in [0.5, 0.6) is 0 Å². The minimum Gasteiger partial charge on any atom is -0.389 e. The van der Waals surface area contributed by atoms with E-state index in [9.17, 15) is 9.59 Å². The van der Waals surface area contributed by atoms with Crippen LogP contribution in [0, 0.1) is 5.92 Å². The Hall–Kier alpha value is -1.12. The number of hydrogen-bond donors (Lipinski definition) is 0. The highest BCUT2D eigenvalue weighted by molar-refractivity contribution is 5.95. The van der Waals surface area contributed by atoms with Crippen LogP contribution in [0.25, 0.3) is 0 Å². The van der Waals surface area contributed by atoms with Crippen molar-refractivity contribution in [3.05, 3.63) is 12.2 Å². The van der Waals surface area contributed by atoms with E-state index < -0.39 is 11.9 Å². The van der Waals surface area contributed by atoms with Gasteiger partial charge in [0.15, 0.2) is 0 Å². The summed E-state index contributed by atoms with van der Waals surface area (Å²) in [4.78, 5) is 22.1. The summed E-state index contributed by atoms with van der Waals surface area (Å²) in [5.74, 6) is -1.31. The molecule has 0 rings (SSSR count). The fourth-order valence-electron chi connectivity index (χ4n) is 0.830. The fourth-order valence-corrected chi connectivity index (χ4v) is 0.830. The average molecular weight is 184 g/mol. The molecule has 0 heterocycles. The maximum atomic E-state index is 11.2. The predicted octanol–water partition coefficient (Wildman–Crippen LogP) is 2.07. The van der Waals surface area contributed by atoms with E-state index in [1.165, 1.54) is 6.92 Å². The number of hydrogen-bond acceptors (Lipinski definition) is 3. The van der Waals surface area contributed by atoms with Crippen molar-refractivity contribution < 1.29 is 14.3 Å². The lowest BCUT2D eigenvalue weighted by Crippen LogP contribution is -2.19. The first-order chi connectivity index (χ1) is 5.99. The van der Waals surface area contributed by atoms with Crippen molar-refractivity contribution in [1.29, 1.82) is 0 Å². The van der Waals surface area contributed by atoms with Gasteiger partial charge in [0.25, 0.3) is 0 Å². The van der Waals surface area contributed by atoms with Gasteiger partial charge < -0.3 is 4.74 Å². The summed E-state index contributed by atoms with van der Waals surface area (Å²) >= 11 is 0.